The molecule has 0 fully saturated rings. The lowest BCUT2D eigenvalue weighted by Crippen LogP contribution is -1.95. The molecule has 3 aromatic rings. The van der Waals surface area contributed by atoms with Crippen molar-refractivity contribution in [2.75, 3.05) is 5.43 Å². The van der Waals surface area contributed by atoms with Gasteiger partial charge in [-0.05, 0) is 46.8 Å². The van der Waals surface area contributed by atoms with Crippen LogP contribution in [0.15, 0.2) is 27.3 Å². The maximum Gasteiger partial charge on any atom is 0.158 e. The van der Waals surface area contributed by atoms with E-state index in [4.69, 9.17) is 0 Å². The normalized spacial score (nSPS) is 14.1. The van der Waals surface area contributed by atoms with Gasteiger partial charge in [0.25, 0.3) is 0 Å². The molecule has 106 valence electrons. The molecule has 0 atom stereocenters. The first-order chi connectivity index (χ1) is 10.3. The SMILES string of the molecule is Brc1csc(C=NNc2ncnc3sc4c(c23)CCC4)c1. The second-order valence-electron chi connectivity index (χ2n) is 4.80. The zero-order valence-corrected chi connectivity index (χ0v) is 14.2. The van der Waals surface area contributed by atoms with Gasteiger partial charge in [-0.1, -0.05) is 0 Å². The van der Waals surface area contributed by atoms with E-state index in [0.29, 0.717) is 0 Å². The fourth-order valence-electron chi connectivity index (χ4n) is 2.57. The molecule has 0 bridgehead atoms. The van der Waals surface area contributed by atoms with Crippen molar-refractivity contribution in [3.63, 3.8) is 0 Å². The number of rotatable bonds is 3. The van der Waals surface area contributed by atoms with Gasteiger partial charge >= 0.3 is 0 Å². The molecule has 3 heterocycles. The summed E-state index contributed by atoms with van der Waals surface area (Å²) >= 11 is 6.87. The van der Waals surface area contributed by atoms with E-state index in [0.717, 1.165) is 31.8 Å². The summed E-state index contributed by atoms with van der Waals surface area (Å²) in [7, 11) is 0. The first-order valence-corrected chi connectivity index (χ1v) is 9.08. The van der Waals surface area contributed by atoms with Crippen molar-refractivity contribution in [3.8, 4) is 0 Å². The van der Waals surface area contributed by atoms with Crippen molar-refractivity contribution in [3.05, 3.63) is 37.6 Å². The Morgan fingerprint density at radius 1 is 1.33 bits per heavy atom. The Kier molecular flexibility index (Phi) is 3.48. The third kappa shape index (κ3) is 2.49. The minimum absolute atomic E-state index is 0.811. The number of thiophene rings is 2. The van der Waals surface area contributed by atoms with Crippen LogP contribution in [0.3, 0.4) is 0 Å². The third-order valence-corrected chi connectivity index (χ3v) is 6.28. The van der Waals surface area contributed by atoms with E-state index in [1.807, 2.05) is 17.7 Å². The molecule has 0 saturated heterocycles. The second-order valence-corrected chi connectivity index (χ2v) is 7.74. The monoisotopic (exact) mass is 378 g/mol. The molecule has 0 spiro atoms. The number of fused-ring (bicyclic) bond motifs is 3. The molecule has 0 aromatic carbocycles. The number of nitrogens with zero attached hydrogens (tertiary/aromatic N) is 3. The summed E-state index contributed by atoms with van der Waals surface area (Å²) in [6.45, 7) is 0. The predicted molar refractivity (Wildman–Crippen MR) is 92.7 cm³/mol. The highest BCUT2D eigenvalue weighted by Gasteiger charge is 2.20. The van der Waals surface area contributed by atoms with Crippen LogP contribution in [-0.4, -0.2) is 16.2 Å². The van der Waals surface area contributed by atoms with Gasteiger partial charge in [0.1, 0.15) is 11.2 Å². The molecule has 0 unspecified atom stereocenters. The number of hydrogen-bond acceptors (Lipinski definition) is 6. The molecule has 21 heavy (non-hydrogen) atoms. The van der Waals surface area contributed by atoms with Gasteiger partial charge in [-0.15, -0.1) is 22.7 Å². The van der Waals surface area contributed by atoms with E-state index < -0.39 is 0 Å². The van der Waals surface area contributed by atoms with Gasteiger partial charge in [-0.25, -0.2) is 9.97 Å². The summed E-state index contributed by atoms with van der Waals surface area (Å²) in [4.78, 5) is 12.4. The van der Waals surface area contributed by atoms with Crippen LogP contribution in [0.4, 0.5) is 5.82 Å². The zero-order valence-electron chi connectivity index (χ0n) is 11.0. The molecule has 7 heteroatoms. The molecule has 0 amide bonds. The van der Waals surface area contributed by atoms with Crippen molar-refractivity contribution in [1.82, 2.24) is 9.97 Å². The number of aromatic nitrogens is 2. The lowest BCUT2D eigenvalue weighted by Gasteiger charge is -2.02. The molecule has 4 nitrogen and oxygen atoms in total. The topological polar surface area (TPSA) is 50.2 Å². The minimum atomic E-state index is 0.811. The molecular formula is C14H11BrN4S2. The Morgan fingerprint density at radius 3 is 3.14 bits per heavy atom. The van der Waals surface area contributed by atoms with Crippen molar-refractivity contribution in [2.24, 2.45) is 5.10 Å². The van der Waals surface area contributed by atoms with E-state index in [1.165, 1.54) is 23.3 Å². The maximum absolute atomic E-state index is 4.39. The highest BCUT2D eigenvalue weighted by molar-refractivity contribution is 9.10. The number of aryl methyl sites for hydroxylation is 2. The van der Waals surface area contributed by atoms with Crippen LogP contribution in [0.1, 0.15) is 21.7 Å². The van der Waals surface area contributed by atoms with E-state index >= 15 is 0 Å². The van der Waals surface area contributed by atoms with E-state index in [-0.39, 0.29) is 0 Å². The first kappa shape index (κ1) is 13.4. The molecular weight excluding hydrogens is 368 g/mol. The Bertz CT molecular complexity index is 837. The van der Waals surface area contributed by atoms with Gasteiger partial charge in [0, 0.05) is 19.6 Å². The molecule has 1 aliphatic rings. The van der Waals surface area contributed by atoms with Crippen LogP contribution in [0.2, 0.25) is 0 Å². The second kappa shape index (κ2) is 5.47. The highest BCUT2D eigenvalue weighted by Crippen LogP contribution is 2.38. The zero-order chi connectivity index (χ0) is 14.2. The first-order valence-electron chi connectivity index (χ1n) is 6.59. The van der Waals surface area contributed by atoms with Gasteiger partial charge in [-0.3, -0.25) is 5.43 Å². The summed E-state index contributed by atoms with van der Waals surface area (Å²) in [6, 6.07) is 2.04. The number of hydrogen-bond donors (Lipinski definition) is 1. The standard InChI is InChI=1S/C14H11BrN4S2/c15-8-4-9(20-6-8)5-18-19-13-12-10-2-1-3-11(10)21-14(12)17-7-16-13/h4-7H,1-3H2,(H,16,17,19). The third-order valence-electron chi connectivity index (χ3n) is 3.45. The highest BCUT2D eigenvalue weighted by atomic mass is 79.9. The van der Waals surface area contributed by atoms with Crippen molar-refractivity contribution in [2.45, 2.75) is 19.3 Å². The van der Waals surface area contributed by atoms with E-state index in [9.17, 15) is 0 Å². The Labute approximate surface area is 138 Å². The van der Waals surface area contributed by atoms with Crippen LogP contribution in [0.5, 0.6) is 0 Å². The molecule has 0 saturated carbocycles. The quantitative estimate of drug-likeness (QED) is 0.540. The van der Waals surface area contributed by atoms with Crippen LogP contribution in [-0.2, 0) is 12.8 Å². The summed E-state index contributed by atoms with van der Waals surface area (Å²) < 4.78 is 1.08. The molecule has 4 rings (SSSR count). The lowest BCUT2D eigenvalue weighted by molar-refractivity contribution is 0.917. The molecule has 3 aromatic heterocycles. The van der Waals surface area contributed by atoms with Crippen LogP contribution < -0.4 is 5.43 Å². The van der Waals surface area contributed by atoms with Crippen molar-refractivity contribution in [1.29, 1.82) is 0 Å². The average molecular weight is 379 g/mol. The Morgan fingerprint density at radius 2 is 2.29 bits per heavy atom. The van der Waals surface area contributed by atoms with E-state index in [1.54, 1.807) is 29.0 Å². The minimum Gasteiger partial charge on any atom is -0.261 e. The molecule has 1 aliphatic carbocycles. The predicted octanol–water partition coefficient (Wildman–Crippen LogP) is 4.45. The summed E-state index contributed by atoms with van der Waals surface area (Å²) in [6.07, 6.45) is 6.95. The summed E-state index contributed by atoms with van der Waals surface area (Å²) in [5, 5.41) is 7.50. The Hall–Kier alpha value is -1.31. The van der Waals surface area contributed by atoms with Crippen LogP contribution >= 0.6 is 38.6 Å². The van der Waals surface area contributed by atoms with Gasteiger partial charge in [0.05, 0.1) is 11.6 Å². The number of hydrazone groups is 1. The lowest BCUT2D eigenvalue weighted by atomic mass is 10.2. The van der Waals surface area contributed by atoms with E-state index in [2.05, 4.69) is 36.4 Å². The molecule has 0 aliphatic heterocycles. The van der Waals surface area contributed by atoms with Gasteiger partial charge in [0.2, 0.25) is 0 Å². The number of anilines is 1. The summed E-state index contributed by atoms with van der Waals surface area (Å²) in [5.41, 5.74) is 4.49. The summed E-state index contributed by atoms with van der Waals surface area (Å²) in [5.74, 6) is 0.811. The Balaban J connectivity index is 1.66. The van der Waals surface area contributed by atoms with Crippen molar-refractivity contribution < 1.29 is 0 Å². The van der Waals surface area contributed by atoms with Crippen molar-refractivity contribution >= 4 is 60.9 Å². The fraction of sp³-hybridized carbons (Fsp3) is 0.214. The average Bonchev–Trinajstić information content (AvgIpc) is 3.14. The largest absolute Gasteiger partial charge is 0.261 e. The smallest absolute Gasteiger partial charge is 0.158 e. The number of nitrogens with one attached hydrogen (secondary N) is 1. The van der Waals surface area contributed by atoms with Crippen LogP contribution in [0.25, 0.3) is 10.2 Å². The van der Waals surface area contributed by atoms with Gasteiger partial charge < -0.3 is 0 Å². The van der Waals surface area contributed by atoms with Gasteiger partial charge in [0.15, 0.2) is 5.82 Å². The number of halogens is 1. The maximum atomic E-state index is 4.39. The van der Waals surface area contributed by atoms with Gasteiger partial charge in [-0.2, -0.15) is 5.10 Å². The molecule has 1 N–H and O–H groups in total. The molecule has 0 radical (unpaired) electrons. The fourth-order valence-corrected chi connectivity index (χ4v) is 5.10. The van der Waals surface area contributed by atoms with Crippen LogP contribution in [0, 0.1) is 0 Å².